The standard InChI is InChI=1S/C15H13FN2O2S/c16-12-6-10(2-3-11(12)15(17)21)18-7-9-1-4-13-14(5-9)20-8-19-13/h1-6,18H,7-8H2,(H2,17,21). The first-order valence-corrected chi connectivity index (χ1v) is 6.76. The second-order valence-corrected chi connectivity index (χ2v) is 5.04. The fourth-order valence-corrected chi connectivity index (χ4v) is 2.25. The smallest absolute Gasteiger partial charge is 0.231 e. The first-order chi connectivity index (χ1) is 10.1. The van der Waals surface area contributed by atoms with E-state index in [9.17, 15) is 4.39 Å². The normalized spacial score (nSPS) is 12.2. The zero-order valence-corrected chi connectivity index (χ0v) is 11.9. The molecule has 1 heterocycles. The molecular weight excluding hydrogens is 291 g/mol. The van der Waals surface area contributed by atoms with Gasteiger partial charge in [0.2, 0.25) is 6.79 Å². The van der Waals surface area contributed by atoms with Crippen LogP contribution in [0.3, 0.4) is 0 Å². The van der Waals surface area contributed by atoms with Gasteiger partial charge in [0.1, 0.15) is 10.8 Å². The molecule has 0 saturated heterocycles. The van der Waals surface area contributed by atoms with Gasteiger partial charge in [-0.3, -0.25) is 0 Å². The molecular formula is C15H13FN2O2S. The van der Waals surface area contributed by atoms with Gasteiger partial charge in [-0.1, -0.05) is 18.3 Å². The highest BCUT2D eigenvalue weighted by atomic mass is 32.1. The van der Waals surface area contributed by atoms with Crippen LogP contribution in [0.25, 0.3) is 0 Å². The van der Waals surface area contributed by atoms with Crippen LogP contribution < -0.4 is 20.5 Å². The topological polar surface area (TPSA) is 56.5 Å². The van der Waals surface area contributed by atoms with Crippen LogP contribution in [0.2, 0.25) is 0 Å². The number of halogens is 1. The average molecular weight is 304 g/mol. The number of rotatable bonds is 4. The van der Waals surface area contributed by atoms with E-state index in [4.69, 9.17) is 27.4 Å². The van der Waals surface area contributed by atoms with Gasteiger partial charge in [0, 0.05) is 17.8 Å². The molecule has 108 valence electrons. The molecule has 0 saturated carbocycles. The average Bonchev–Trinajstić information content (AvgIpc) is 2.92. The van der Waals surface area contributed by atoms with E-state index >= 15 is 0 Å². The number of hydrogen-bond acceptors (Lipinski definition) is 4. The molecule has 0 atom stereocenters. The van der Waals surface area contributed by atoms with Gasteiger partial charge in [-0.2, -0.15) is 0 Å². The maximum atomic E-state index is 13.8. The monoisotopic (exact) mass is 304 g/mol. The van der Waals surface area contributed by atoms with Crippen LogP contribution in [0.4, 0.5) is 10.1 Å². The minimum Gasteiger partial charge on any atom is -0.454 e. The van der Waals surface area contributed by atoms with E-state index in [0.29, 0.717) is 12.2 Å². The van der Waals surface area contributed by atoms with Gasteiger partial charge in [0.25, 0.3) is 0 Å². The lowest BCUT2D eigenvalue weighted by molar-refractivity contribution is 0.174. The summed E-state index contributed by atoms with van der Waals surface area (Å²) in [6, 6.07) is 10.4. The van der Waals surface area contributed by atoms with Gasteiger partial charge >= 0.3 is 0 Å². The quantitative estimate of drug-likeness (QED) is 0.851. The summed E-state index contributed by atoms with van der Waals surface area (Å²) in [7, 11) is 0. The summed E-state index contributed by atoms with van der Waals surface area (Å²) < 4.78 is 24.3. The zero-order valence-electron chi connectivity index (χ0n) is 11.1. The third kappa shape index (κ3) is 2.90. The van der Waals surface area contributed by atoms with Crippen LogP contribution in [0.5, 0.6) is 11.5 Å². The van der Waals surface area contributed by atoms with Crippen molar-refractivity contribution in [2.24, 2.45) is 5.73 Å². The van der Waals surface area contributed by atoms with Crippen LogP contribution >= 0.6 is 12.2 Å². The Bertz CT molecular complexity index is 706. The number of hydrogen-bond donors (Lipinski definition) is 2. The van der Waals surface area contributed by atoms with Crippen molar-refractivity contribution in [3.8, 4) is 11.5 Å². The molecule has 2 aromatic rings. The van der Waals surface area contributed by atoms with Gasteiger partial charge < -0.3 is 20.5 Å². The molecule has 1 aliphatic rings. The molecule has 2 aromatic carbocycles. The van der Waals surface area contributed by atoms with E-state index in [0.717, 1.165) is 17.1 Å². The van der Waals surface area contributed by atoms with Crippen molar-refractivity contribution in [2.75, 3.05) is 12.1 Å². The predicted molar refractivity (Wildman–Crippen MR) is 82.2 cm³/mol. The fourth-order valence-electron chi connectivity index (χ4n) is 2.08. The van der Waals surface area contributed by atoms with Crippen molar-refractivity contribution in [3.63, 3.8) is 0 Å². The molecule has 0 aliphatic carbocycles. The first kappa shape index (κ1) is 13.6. The molecule has 0 bridgehead atoms. The first-order valence-electron chi connectivity index (χ1n) is 6.35. The third-order valence-electron chi connectivity index (χ3n) is 3.17. The summed E-state index contributed by atoms with van der Waals surface area (Å²) >= 11 is 4.77. The Balaban J connectivity index is 1.70. The maximum Gasteiger partial charge on any atom is 0.231 e. The van der Waals surface area contributed by atoms with Gasteiger partial charge in [-0.25, -0.2) is 4.39 Å². The van der Waals surface area contributed by atoms with E-state index in [1.54, 1.807) is 12.1 Å². The molecule has 0 amide bonds. The molecule has 0 unspecified atom stereocenters. The van der Waals surface area contributed by atoms with Crippen LogP contribution in [0.15, 0.2) is 36.4 Å². The van der Waals surface area contributed by atoms with Crippen LogP contribution in [-0.4, -0.2) is 11.8 Å². The Hall–Kier alpha value is -2.34. The van der Waals surface area contributed by atoms with Crippen molar-refractivity contribution in [1.29, 1.82) is 0 Å². The van der Waals surface area contributed by atoms with Crippen LogP contribution in [-0.2, 0) is 6.54 Å². The molecule has 4 nitrogen and oxygen atoms in total. The Morgan fingerprint density at radius 2 is 2.00 bits per heavy atom. The minimum atomic E-state index is -0.432. The number of anilines is 1. The zero-order chi connectivity index (χ0) is 14.8. The highest BCUT2D eigenvalue weighted by Crippen LogP contribution is 2.32. The fraction of sp³-hybridized carbons (Fsp3) is 0.133. The summed E-state index contributed by atoms with van der Waals surface area (Å²) in [5.41, 5.74) is 7.35. The number of ether oxygens (including phenoxy) is 2. The van der Waals surface area contributed by atoms with Crippen molar-refractivity contribution in [1.82, 2.24) is 0 Å². The van der Waals surface area contributed by atoms with Crippen molar-refractivity contribution < 1.29 is 13.9 Å². The summed E-state index contributed by atoms with van der Waals surface area (Å²) in [5, 5.41) is 3.14. The Morgan fingerprint density at radius 1 is 1.19 bits per heavy atom. The van der Waals surface area contributed by atoms with Crippen LogP contribution in [0, 0.1) is 5.82 Å². The van der Waals surface area contributed by atoms with Crippen molar-refractivity contribution in [2.45, 2.75) is 6.54 Å². The van der Waals surface area contributed by atoms with Crippen molar-refractivity contribution >= 4 is 22.9 Å². The Labute approximate surface area is 126 Å². The molecule has 3 rings (SSSR count). The van der Waals surface area contributed by atoms with E-state index in [-0.39, 0.29) is 17.3 Å². The Kier molecular flexibility index (Phi) is 3.62. The molecule has 0 radical (unpaired) electrons. The minimum absolute atomic E-state index is 0.0508. The van der Waals surface area contributed by atoms with Crippen LogP contribution in [0.1, 0.15) is 11.1 Å². The molecule has 0 aromatic heterocycles. The second-order valence-electron chi connectivity index (χ2n) is 4.60. The van der Waals surface area contributed by atoms with Gasteiger partial charge in [-0.15, -0.1) is 0 Å². The number of fused-ring (bicyclic) bond motifs is 1. The number of nitrogens with one attached hydrogen (secondary N) is 1. The SMILES string of the molecule is NC(=S)c1ccc(NCc2ccc3c(c2)OCO3)cc1F. The molecule has 0 spiro atoms. The van der Waals surface area contributed by atoms with E-state index in [2.05, 4.69) is 5.32 Å². The largest absolute Gasteiger partial charge is 0.454 e. The predicted octanol–water partition coefficient (Wildman–Crippen LogP) is 2.80. The summed E-state index contributed by atoms with van der Waals surface area (Å²) in [4.78, 5) is 0.0508. The van der Waals surface area contributed by atoms with E-state index in [1.165, 1.54) is 6.07 Å². The highest BCUT2D eigenvalue weighted by molar-refractivity contribution is 7.80. The lowest BCUT2D eigenvalue weighted by atomic mass is 10.1. The number of benzene rings is 2. The molecule has 21 heavy (non-hydrogen) atoms. The number of nitrogens with two attached hydrogens (primary N) is 1. The maximum absolute atomic E-state index is 13.8. The lowest BCUT2D eigenvalue weighted by Crippen LogP contribution is -2.12. The molecule has 0 fully saturated rings. The van der Waals surface area contributed by atoms with Crippen molar-refractivity contribution in [3.05, 3.63) is 53.3 Å². The van der Waals surface area contributed by atoms with Gasteiger partial charge in [0.05, 0.1) is 0 Å². The summed E-state index contributed by atoms with van der Waals surface area (Å²) in [6.45, 7) is 0.792. The molecule has 6 heteroatoms. The van der Waals surface area contributed by atoms with E-state index in [1.807, 2.05) is 18.2 Å². The molecule has 3 N–H and O–H groups in total. The highest BCUT2D eigenvalue weighted by Gasteiger charge is 2.13. The Morgan fingerprint density at radius 3 is 2.76 bits per heavy atom. The number of thiocarbonyl (C=S) groups is 1. The van der Waals surface area contributed by atoms with Gasteiger partial charge in [-0.05, 0) is 35.9 Å². The molecule has 1 aliphatic heterocycles. The van der Waals surface area contributed by atoms with Gasteiger partial charge in [0.15, 0.2) is 11.5 Å². The summed E-state index contributed by atoms with van der Waals surface area (Å²) in [5.74, 6) is 1.04. The second kappa shape index (κ2) is 5.57. The van der Waals surface area contributed by atoms with E-state index < -0.39 is 5.82 Å². The lowest BCUT2D eigenvalue weighted by Gasteiger charge is -2.09. The summed E-state index contributed by atoms with van der Waals surface area (Å²) in [6.07, 6.45) is 0. The third-order valence-corrected chi connectivity index (χ3v) is 3.39.